The molecule has 1 atom stereocenters. The van der Waals surface area contributed by atoms with E-state index in [9.17, 15) is 22.8 Å². The number of hydrogen-bond acceptors (Lipinski definition) is 5. The van der Waals surface area contributed by atoms with E-state index in [0.29, 0.717) is 43.0 Å². The average Bonchev–Trinajstić information content (AvgIpc) is 3.30. The highest BCUT2D eigenvalue weighted by Gasteiger charge is 2.37. The second-order valence-corrected chi connectivity index (χ2v) is 10.7. The molecule has 0 radical (unpaired) electrons. The van der Waals surface area contributed by atoms with Crippen LogP contribution in [0.5, 0.6) is 5.75 Å². The molecule has 1 aliphatic carbocycles. The molecule has 5 rings (SSSR count). The lowest BCUT2D eigenvalue weighted by Crippen LogP contribution is -2.45. The topological polar surface area (TPSA) is 59.1 Å². The van der Waals surface area contributed by atoms with Crippen LogP contribution in [0.15, 0.2) is 36.4 Å². The van der Waals surface area contributed by atoms with Gasteiger partial charge in [0, 0.05) is 18.8 Å². The lowest BCUT2D eigenvalue weighted by Gasteiger charge is -2.32. The van der Waals surface area contributed by atoms with Crippen molar-refractivity contribution in [1.29, 1.82) is 0 Å². The number of rotatable bonds is 8. The summed E-state index contributed by atoms with van der Waals surface area (Å²) < 4.78 is 52.1. The highest BCUT2D eigenvalue weighted by molar-refractivity contribution is 5.97. The van der Waals surface area contributed by atoms with Crippen molar-refractivity contribution in [1.82, 2.24) is 4.90 Å². The number of fused-ring (bicyclic) bond motifs is 1. The van der Waals surface area contributed by atoms with Gasteiger partial charge in [0.25, 0.3) is 0 Å². The minimum atomic E-state index is -4.39. The third kappa shape index (κ3) is 6.24. The fraction of sp³-hybridized carbons (Fsp3) is 0.533. The fourth-order valence-electron chi connectivity index (χ4n) is 5.84. The largest absolute Gasteiger partial charge is 0.489 e. The Bertz CT molecular complexity index is 1210. The van der Waals surface area contributed by atoms with E-state index in [1.165, 1.54) is 6.07 Å². The highest BCUT2D eigenvalue weighted by atomic mass is 19.4. The molecule has 2 fully saturated rings. The number of esters is 1. The van der Waals surface area contributed by atoms with Crippen LogP contribution in [0.4, 0.5) is 18.9 Å². The van der Waals surface area contributed by atoms with Crippen LogP contribution < -0.4 is 9.64 Å². The Balaban J connectivity index is 1.20. The molecular formula is C30H35F3N2O4. The highest BCUT2D eigenvalue weighted by Crippen LogP contribution is 2.43. The van der Waals surface area contributed by atoms with Crippen molar-refractivity contribution in [3.05, 3.63) is 58.7 Å². The van der Waals surface area contributed by atoms with Crippen LogP contribution >= 0.6 is 0 Å². The van der Waals surface area contributed by atoms with Crippen molar-refractivity contribution < 1.29 is 32.2 Å². The number of carbonyl (C=O) groups is 2. The van der Waals surface area contributed by atoms with Crippen LogP contribution in [0, 0.1) is 5.92 Å². The monoisotopic (exact) mass is 544 g/mol. The molecule has 1 saturated carbocycles. The maximum atomic E-state index is 13.7. The molecule has 0 N–H and O–H groups in total. The lowest BCUT2D eigenvalue weighted by atomic mass is 9.78. The third-order valence-electron chi connectivity index (χ3n) is 8.11. The van der Waals surface area contributed by atoms with E-state index < -0.39 is 11.7 Å². The maximum absolute atomic E-state index is 13.7. The third-order valence-corrected chi connectivity index (χ3v) is 8.11. The van der Waals surface area contributed by atoms with Crippen LogP contribution in [0.25, 0.3) is 0 Å². The van der Waals surface area contributed by atoms with Gasteiger partial charge in [0.15, 0.2) is 0 Å². The number of halogens is 3. The van der Waals surface area contributed by atoms with Crippen molar-refractivity contribution in [3.63, 3.8) is 0 Å². The van der Waals surface area contributed by atoms with Crippen LogP contribution in [-0.2, 0) is 33.5 Å². The van der Waals surface area contributed by atoms with Gasteiger partial charge in [0.2, 0.25) is 5.91 Å². The minimum absolute atomic E-state index is 0.00660. The van der Waals surface area contributed by atoms with Crippen molar-refractivity contribution in [2.75, 3.05) is 37.7 Å². The summed E-state index contributed by atoms with van der Waals surface area (Å²) in [7, 11) is 0. The number of hydrogen-bond donors (Lipinski definition) is 0. The molecular weight excluding hydrogens is 509 g/mol. The zero-order chi connectivity index (χ0) is 27.6. The SMILES string of the molecule is CCOC(=O)[C@@H]1CCCN(CC(=O)N2CCc3cc(OCc4ccc(C5CCC5)c(C(F)(F)F)c4)ccc32)C1. The van der Waals surface area contributed by atoms with Gasteiger partial charge >= 0.3 is 12.1 Å². The number of likely N-dealkylation sites (tertiary alicyclic amines) is 1. The first-order valence-electron chi connectivity index (χ1n) is 13.9. The summed E-state index contributed by atoms with van der Waals surface area (Å²) >= 11 is 0. The molecule has 1 saturated heterocycles. The number of piperidine rings is 1. The Labute approximate surface area is 227 Å². The first kappa shape index (κ1) is 27.5. The van der Waals surface area contributed by atoms with Gasteiger partial charge in [-0.25, -0.2) is 0 Å². The summed E-state index contributed by atoms with van der Waals surface area (Å²) in [5, 5.41) is 0. The zero-order valence-electron chi connectivity index (χ0n) is 22.3. The Morgan fingerprint density at radius 1 is 1.03 bits per heavy atom. The van der Waals surface area contributed by atoms with Gasteiger partial charge in [-0.1, -0.05) is 18.6 Å². The van der Waals surface area contributed by atoms with Crippen molar-refractivity contribution in [2.45, 2.75) is 64.1 Å². The fourth-order valence-corrected chi connectivity index (χ4v) is 5.84. The van der Waals surface area contributed by atoms with Gasteiger partial charge in [-0.15, -0.1) is 0 Å². The van der Waals surface area contributed by atoms with Gasteiger partial charge in [0.1, 0.15) is 12.4 Å². The van der Waals surface area contributed by atoms with E-state index in [4.69, 9.17) is 9.47 Å². The standard InChI is InChI=1S/C30H35F3N2O4/c1-2-38-29(37)23-7-4-13-34(17-23)18-28(36)35-14-12-22-16-24(9-11-27(22)35)39-19-20-8-10-25(21-5-3-6-21)26(15-20)30(31,32)33/h8-11,15-16,21,23H,2-7,12-14,17-19H2,1H3/t23-/m1/s1. The number of nitrogens with zero attached hydrogens (tertiary/aromatic N) is 2. The maximum Gasteiger partial charge on any atom is 0.416 e. The van der Waals surface area contributed by atoms with E-state index >= 15 is 0 Å². The summed E-state index contributed by atoms with van der Waals surface area (Å²) in [6, 6.07) is 10.0. The van der Waals surface area contributed by atoms with Crippen molar-refractivity contribution >= 4 is 17.6 Å². The average molecular weight is 545 g/mol. The Hall–Kier alpha value is -3.07. The lowest BCUT2D eigenvalue weighted by molar-refractivity contribution is -0.150. The predicted molar refractivity (Wildman–Crippen MR) is 141 cm³/mol. The van der Waals surface area contributed by atoms with Gasteiger partial charge < -0.3 is 14.4 Å². The summed E-state index contributed by atoms with van der Waals surface area (Å²) in [6.45, 7) is 4.27. The summed E-state index contributed by atoms with van der Waals surface area (Å²) in [6.07, 6.45) is 0.501. The molecule has 0 spiro atoms. The Morgan fingerprint density at radius 3 is 2.56 bits per heavy atom. The predicted octanol–water partition coefficient (Wildman–Crippen LogP) is 5.72. The molecule has 0 unspecified atom stereocenters. The molecule has 3 aliphatic rings. The van der Waals surface area contributed by atoms with E-state index in [1.54, 1.807) is 30.0 Å². The minimum Gasteiger partial charge on any atom is -0.489 e. The van der Waals surface area contributed by atoms with Gasteiger partial charge in [-0.3, -0.25) is 14.5 Å². The molecule has 210 valence electrons. The Morgan fingerprint density at radius 2 is 1.85 bits per heavy atom. The van der Waals surface area contributed by atoms with Crippen molar-refractivity contribution in [2.24, 2.45) is 5.92 Å². The van der Waals surface area contributed by atoms with Gasteiger partial charge in [0.05, 0.1) is 24.6 Å². The van der Waals surface area contributed by atoms with Crippen LogP contribution in [0.3, 0.4) is 0 Å². The van der Waals surface area contributed by atoms with E-state index in [1.807, 2.05) is 17.0 Å². The molecule has 39 heavy (non-hydrogen) atoms. The van der Waals surface area contributed by atoms with E-state index in [-0.39, 0.29) is 36.9 Å². The number of benzene rings is 2. The zero-order valence-corrected chi connectivity index (χ0v) is 22.3. The number of ether oxygens (including phenoxy) is 2. The smallest absolute Gasteiger partial charge is 0.416 e. The second-order valence-electron chi connectivity index (χ2n) is 10.7. The van der Waals surface area contributed by atoms with Gasteiger partial charge in [-0.2, -0.15) is 13.2 Å². The molecule has 2 heterocycles. The summed E-state index contributed by atoms with van der Waals surface area (Å²) in [5.74, 6) is 0.148. The van der Waals surface area contributed by atoms with Crippen LogP contribution in [0.1, 0.15) is 67.2 Å². The first-order chi connectivity index (χ1) is 18.7. The molecule has 0 bridgehead atoms. The normalized spacial score (nSPS) is 19.9. The van der Waals surface area contributed by atoms with Crippen molar-refractivity contribution in [3.8, 4) is 5.75 Å². The molecule has 2 aromatic carbocycles. The molecule has 2 aliphatic heterocycles. The van der Waals surface area contributed by atoms with Gasteiger partial charge in [-0.05, 0) is 92.4 Å². The van der Waals surface area contributed by atoms with Crippen LogP contribution in [0.2, 0.25) is 0 Å². The molecule has 0 aromatic heterocycles. The number of anilines is 1. The number of carbonyl (C=O) groups excluding carboxylic acids is 2. The summed E-state index contributed by atoms with van der Waals surface area (Å²) in [5.41, 5.74) is 2.11. The molecule has 2 aromatic rings. The van der Waals surface area contributed by atoms with E-state index in [0.717, 1.165) is 49.9 Å². The molecule has 1 amide bonds. The van der Waals surface area contributed by atoms with Crippen LogP contribution in [-0.4, -0.2) is 49.6 Å². The second kappa shape index (κ2) is 11.6. The molecule has 6 nitrogen and oxygen atoms in total. The van der Waals surface area contributed by atoms with E-state index in [2.05, 4.69) is 0 Å². The quantitative estimate of drug-likeness (QED) is 0.398. The summed E-state index contributed by atoms with van der Waals surface area (Å²) in [4.78, 5) is 29.1. The first-order valence-corrected chi connectivity index (χ1v) is 13.9. The molecule has 9 heteroatoms. The number of amides is 1. The Kier molecular flexibility index (Phi) is 8.16. The number of alkyl halides is 3.